The zero-order chi connectivity index (χ0) is 16.9. The quantitative estimate of drug-likeness (QED) is 0.873. The topological polar surface area (TPSA) is 50.4 Å². The Morgan fingerprint density at radius 3 is 2.48 bits per heavy atom. The van der Waals surface area contributed by atoms with Crippen LogP contribution in [0.4, 0.5) is 13.2 Å². The Bertz CT molecular complexity index is 511. The molecule has 0 bridgehead atoms. The molecular weight excluding hydrogens is 309 g/mol. The summed E-state index contributed by atoms with van der Waals surface area (Å²) in [6.45, 7) is 3.46. The van der Waals surface area contributed by atoms with E-state index in [1.807, 2.05) is 0 Å². The molecule has 0 spiro atoms. The average Bonchev–Trinajstić information content (AvgIpc) is 2.53. The number of piperidine rings is 1. The Labute approximate surface area is 133 Å². The van der Waals surface area contributed by atoms with Crippen LogP contribution in [0, 0.1) is 0 Å². The van der Waals surface area contributed by atoms with Crippen molar-refractivity contribution in [2.75, 3.05) is 19.7 Å². The lowest BCUT2D eigenvalue weighted by atomic mass is 10.1. The van der Waals surface area contributed by atoms with E-state index in [9.17, 15) is 18.0 Å². The van der Waals surface area contributed by atoms with Crippen LogP contribution in [0.3, 0.4) is 0 Å². The Balaban J connectivity index is 1.80. The van der Waals surface area contributed by atoms with E-state index in [0.717, 1.165) is 38.1 Å². The van der Waals surface area contributed by atoms with Crippen molar-refractivity contribution in [3.05, 3.63) is 35.4 Å². The van der Waals surface area contributed by atoms with Gasteiger partial charge in [-0.2, -0.15) is 13.2 Å². The maximum atomic E-state index is 12.5. The van der Waals surface area contributed by atoms with Crippen LogP contribution in [0.25, 0.3) is 0 Å². The number of benzene rings is 1. The summed E-state index contributed by atoms with van der Waals surface area (Å²) in [5, 5.41) is 5.94. The minimum absolute atomic E-state index is 0.0321. The number of rotatable bonds is 5. The number of carbonyl (C=O) groups excluding carboxylic acids is 1. The van der Waals surface area contributed by atoms with Crippen molar-refractivity contribution >= 4 is 5.91 Å². The van der Waals surface area contributed by atoms with Crippen molar-refractivity contribution in [1.82, 2.24) is 10.6 Å². The molecule has 1 aliphatic rings. The first-order chi connectivity index (χ1) is 10.9. The average molecular weight is 330 g/mol. The summed E-state index contributed by atoms with van der Waals surface area (Å²) in [4.78, 5) is 11.9. The lowest BCUT2D eigenvalue weighted by molar-refractivity contribution is -0.137. The molecule has 0 saturated carbocycles. The number of hydrogen-bond donors (Lipinski definition) is 2. The molecule has 1 saturated heterocycles. The number of halogens is 3. The van der Waals surface area contributed by atoms with E-state index < -0.39 is 11.7 Å². The summed E-state index contributed by atoms with van der Waals surface area (Å²) in [6, 6.07) is 4.41. The highest BCUT2D eigenvalue weighted by atomic mass is 19.4. The molecule has 0 aromatic heterocycles. The van der Waals surface area contributed by atoms with Gasteiger partial charge in [0, 0.05) is 0 Å². The van der Waals surface area contributed by atoms with Crippen molar-refractivity contribution in [3.63, 3.8) is 0 Å². The van der Waals surface area contributed by atoms with Crippen molar-refractivity contribution in [3.8, 4) is 0 Å². The van der Waals surface area contributed by atoms with Gasteiger partial charge < -0.3 is 15.4 Å². The predicted molar refractivity (Wildman–Crippen MR) is 79.8 cm³/mol. The molecule has 2 N–H and O–H groups in total. The molecule has 1 unspecified atom stereocenters. The van der Waals surface area contributed by atoms with Gasteiger partial charge in [0.25, 0.3) is 0 Å². The van der Waals surface area contributed by atoms with E-state index in [-0.39, 0.29) is 24.7 Å². The Morgan fingerprint density at radius 2 is 1.91 bits per heavy atom. The van der Waals surface area contributed by atoms with Gasteiger partial charge in [0.2, 0.25) is 5.91 Å². The van der Waals surface area contributed by atoms with Crippen molar-refractivity contribution in [2.45, 2.75) is 38.1 Å². The van der Waals surface area contributed by atoms with Crippen LogP contribution in [0.1, 0.15) is 36.9 Å². The predicted octanol–water partition coefficient (Wildman–Crippen LogP) is 2.65. The smallest absolute Gasteiger partial charge is 0.368 e. The highest BCUT2D eigenvalue weighted by molar-refractivity contribution is 5.77. The lowest BCUT2D eigenvalue weighted by Gasteiger charge is -2.23. The molecule has 128 valence electrons. The molecule has 1 fully saturated rings. The number of carbonyl (C=O) groups is 1. The summed E-state index contributed by atoms with van der Waals surface area (Å²) < 4.78 is 43.1. The van der Waals surface area contributed by atoms with Crippen LogP contribution in [0.2, 0.25) is 0 Å². The van der Waals surface area contributed by atoms with Crippen molar-refractivity contribution in [2.24, 2.45) is 0 Å². The van der Waals surface area contributed by atoms with Crippen LogP contribution < -0.4 is 10.6 Å². The number of hydrogen-bond acceptors (Lipinski definition) is 3. The molecule has 2 rings (SSSR count). The van der Waals surface area contributed by atoms with Gasteiger partial charge in [0.15, 0.2) is 0 Å². The van der Waals surface area contributed by atoms with E-state index in [1.54, 1.807) is 6.92 Å². The fraction of sp³-hybridized carbons (Fsp3) is 0.562. The van der Waals surface area contributed by atoms with Crippen molar-refractivity contribution in [1.29, 1.82) is 0 Å². The number of ether oxygens (including phenoxy) is 1. The molecule has 7 heteroatoms. The largest absolute Gasteiger partial charge is 0.416 e. The van der Waals surface area contributed by atoms with Gasteiger partial charge >= 0.3 is 6.18 Å². The zero-order valence-electron chi connectivity index (χ0n) is 13.0. The Hall–Kier alpha value is -1.60. The van der Waals surface area contributed by atoms with Gasteiger partial charge in [-0.15, -0.1) is 0 Å². The van der Waals surface area contributed by atoms with E-state index in [1.165, 1.54) is 12.1 Å². The van der Waals surface area contributed by atoms with Gasteiger partial charge in [0.1, 0.15) is 6.61 Å². The van der Waals surface area contributed by atoms with Gasteiger partial charge in [-0.25, -0.2) is 0 Å². The summed E-state index contributed by atoms with van der Waals surface area (Å²) in [7, 11) is 0. The maximum absolute atomic E-state index is 12.5. The highest BCUT2D eigenvalue weighted by Crippen LogP contribution is 2.29. The second-order valence-electron chi connectivity index (χ2n) is 5.67. The van der Waals surface area contributed by atoms with Crippen LogP contribution in [-0.2, 0) is 15.7 Å². The number of nitrogens with one attached hydrogen (secondary N) is 2. The van der Waals surface area contributed by atoms with Crippen LogP contribution in [0.5, 0.6) is 0 Å². The maximum Gasteiger partial charge on any atom is 0.416 e. The number of alkyl halides is 3. The molecule has 1 amide bonds. The first kappa shape index (κ1) is 17.7. The second kappa shape index (κ2) is 7.79. The van der Waals surface area contributed by atoms with E-state index >= 15 is 0 Å². The van der Waals surface area contributed by atoms with E-state index in [0.29, 0.717) is 5.56 Å². The molecule has 1 atom stereocenters. The standard InChI is InChI=1S/C16H21F3N2O2/c1-11(12-2-4-13(5-3-12)16(17,18)19)21-15(22)10-23-14-6-8-20-9-7-14/h2-5,11,14,20H,6-10H2,1H3,(H,21,22). The first-order valence-corrected chi connectivity index (χ1v) is 7.65. The number of amides is 1. The molecule has 1 aromatic rings. The zero-order valence-corrected chi connectivity index (χ0v) is 13.0. The molecule has 23 heavy (non-hydrogen) atoms. The highest BCUT2D eigenvalue weighted by Gasteiger charge is 2.30. The normalized spacial score (nSPS) is 17.7. The first-order valence-electron chi connectivity index (χ1n) is 7.65. The fourth-order valence-electron chi connectivity index (χ4n) is 2.48. The Morgan fingerprint density at radius 1 is 1.30 bits per heavy atom. The summed E-state index contributed by atoms with van der Waals surface area (Å²) in [5.74, 6) is -0.268. The third-order valence-electron chi connectivity index (χ3n) is 3.85. The van der Waals surface area contributed by atoms with Gasteiger partial charge in [-0.1, -0.05) is 12.1 Å². The monoisotopic (exact) mass is 330 g/mol. The SMILES string of the molecule is CC(NC(=O)COC1CCNCC1)c1ccc(C(F)(F)F)cc1. The molecule has 1 aromatic carbocycles. The lowest BCUT2D eigenvalue weighted by Crippen LogP contribution is -2.36. The summed E-state index contributed by atoms with van der Waals surface area (Å²) >= 11 is 0. The third kappa shape index (κ3) is 5.51. The molecule has 1 heterocycles. The summed E-state index contributed by atoms with van der Waals surface area (Å²) in [5.41, 5.74) is -0.0813. The minimum Gasteiger partial charge on any atom is -0.368 e. The second-order valence-corrected chi connectivity index (χ2v) is 5.67. The van der Waals surface area contributed by atoms with Gasteiger partial charge in [-0.05, 0) is 50.6 Å². The fourth-order valence-corrected chi connectivity index (χ4v) is 2.48. The van der Waals surface area contributed by atoms with Crippen LogP contribution in [0.15, 0.2) is 24.3 Å². The molecule has 4 nitrogen and oxygen atoms in total. The molecule has 1 aliphatic heterocycles. The van der Waals surface area contributed by atoms with Crippen molar-refractivity contribution < 1.29 is 22.7 Å². The van der Waals surface area contributed by atoms with E-state index in [2.05, 4.69) is 10.6 Å². The van der Waals surface area contributed by atoms with Crippen LogP contribution >= 0.6 is 0 Å². The molecular formula is C16H21F3N2O2. The minimum atomic E-state index is -4.35. The van der Waals surface area contributed by atoms with E-state index in [4.69, 9.17) is 4.74 Å². The molecule has 0 radical (unpaired) electrons. The Kier molecular flexibility index (Phi) is 6.01. The van der Waals surface area contributed by atoms with Crippen LogP contribution in [-0.4, -0.2) is 31.7 Å². The third-order valence-corrected chi connectivity index (χ3v) is 3.85. The van der Waals surface area contributed by atoms with Gasteiger partial charge in [0.05, 0.1) is 17.7 Å². The summed E-state index contributed by atoms with van der Waals surface area (Å²) in [6.07, 6.45) is -2.51. The van der Waals surface area contributed by atoms with Gasteiger partial charge in [-0.3, -0.25) is 4.79 Å². The molecule has 0 aliphatic carbocycles.